The van der Waals surface area contributed by atoms with E-state index in [1.54, 1.807) is 39.8 Å². The third-order valence-corrected chi connectivity index (χ3v) is 4.66. The molecule has 172 valence electrons. The average molecular weight is 442 g/mol. The molecule has 0 aliphatic carbocycles. The summed E-state index contributed by atoms with van der Waals surface area (Å²) in [6.07, 6.45) is -0.718. The lowest BCUT2D eigenvalue weighted by Gasteiger charge is -2.28. The number of ether oxygens (including phenoxy) is 1. The van der Waals surface area contributed by atoms with Gasteiger partial charge in [-0.1, -0.05) is 36.4 Å². The molecule has 0 spiro atoms. The van der Waals surface area contributed by atoms with Crippen LogP contribution in [-0.2, 0) is 20.9 Å². The monoisotopic (exact) mass is 441 g/mol. The van der Waals surface area contributed by atoms with Gasteiger partial charge in [0.15, 0.2) is 0 Å². The van der Waals surface area contributed by atoms with Gasteiger partial charge in [-0.05, 0) is 56.5 Å². The molecule has 2 aromatic carbocycles. The van der Waals surface area contributed by atoms with Crippen molar-refractivity contribution < 1.29 is 24.2 Å². The van der Waals surface area contributed by atoms with Crippen LogP contribution in [0.15, 0.2) is 48.5 Å². The molecular weight excluding hydrogens is 410 g/mol. The van der Waals surface area contributed by atoms with Gasteiger partial charge >= 0.3 is 6.09 Å². The van der Waals surface area contributed by atoms with Crippen molar-refractivity contribution in [3.8, 4) is 5.75 Å². The van der Waals surface area contributed by atoms with Gasteiger partial charge in [0.1, 0.15) is 23.9 Å². The molecule has 0 bridgehead atoms. The molecule has 2 rings (SSSR count). The summed E-state index contributed by atoms with van der Waals surface area (Å²) >= 11 is 0. The van der Waals surface area contributed by atoms with Crippen molar-refractivity contribution >= 4 is 17.9 Å². The van der Waals surface area contributed by atoms with E-state index in [4.69, 9.17) is 4.74 Å². The number of hydrogen-bond acceptors (Lipinski definition) is 5. The van der Waals surface area contributed by atoms with E-state index in [9.17, 15) is 19.5 Å². The Labute approximate surface area is 188 Å². The molecule has 0 radical (unpaired) electrons. The highest BCUT2D eigenvalue weighted by Gasteiger charge is 2.29. The highest BCUT2D eigenvalue weighted by molar-refractivity contribution is 5.90. The summed E-state index contributed by atoms with van der Waals surface area (Å²) in [5, 5.41) is 15.1. The number of aromatic hydroxyl groups is 1. The molecule has 8 nitrogen and oxygen atoms in total. The number of carbonyl (C=O) groups is 3. The molecule has 3 amide bonds. The van der Waals surface area contributed by atoms with E-state index < -0.39 is 23.6 Å². The Morgan fingerprint density at radius 2 is 1.72 bits per heavy atom. The van der Waals surface area contributed by atoms with Crippen LogP contribution in [0, 0.1) is 6.92 Å². The van der Waals surface area contributed by atoms with Crippen LogP contribution in [0.1, 0.15) is 43.5 Å². The largest absolute Gasteiger partial charge is 0.508 e. The Hall–Kier alpha value is -3.55. The number of phenolic OH excluding ortho intramolecular Hbond substituents is 1. The molecule has 3 N–H and O–H groups in total. The zero-order valence-electron chi connectivity index (χ0n) is 19.1. The lowest BCUT2D eigenvalue weighted by Crippen LogP contribution is -2.46. The van der Waals surface area contributed by atoms with E-state index in [0.29, 0.717) is 17.7 Å². The van der Waals surface area contributed by atoms with Gasteiger partial charge in [0.05, 0.1) is 0 Å². The molecule has 1 atom stereocenters. The number of aryl methyl sites for hydroxylation is 1. The number of likely N-dealkylation sites (N-methyl/N-ethyl adjacent to an activating group) is 1. The first-order valence-corrected chi connectivity index (χ1v) is 10.3. The van der Waals surface area contributed by atoms with Crippen LogP contribution in [0.25, 0.3) is 0 Å². The summed E-state index contributed by atoms with van der Waals surface area (Å²) in [6, 6.07) is 13.2. The number of phenols is 1. The van der Waals surface area contributed by atoms with Crippen LogP contribution >= 0.6 is 0 Å². The second-order valence-corrected chi connectivity index (χ2v) is 8.51. The second-order valence-electron chi connectivity index (χ2n) is 8.51. The first-order chi connectivity index (χ1) is 15.0. The second kappa shape index (κ2) is 10.7. The molecule has 0 aliphatic rings. The van der Waals surface area contributed by atoms with Crippen molar-refractivity contribution in [2.75, 3.05) is 13.6 Å². The predicted molar refractivity (Wildman–Crippen MR) is 121 cm³/mol. The highest BCUT2D eigenvalue weighted by Crippen LogP contribution is 2.25. The smallest absolute Gasteiger partial charge is 0.408 e. The van der Waals surface area contributed by atoms with Gasteiger partial charge in [-0.3, -0.25) is 9.59 Å². The van der Waals surface area contributed by atoms with Gasteiger partial charge in [0.25, 0.3) is 0 Å². The van der Waals surface area contributed by atoms with Crippen LogP contribution in [0.2, 0.25) is 0 Å². The Morgan fingerprint density at radius 3 is 2.31 bits per heavy atom. The summed E-state index contributed by atoms with van der Waals surface area (Å²) in [5.41, 5.74) is 1.35. The molecular formula is C24H31N3O5. The van der Waals surface area contributed by atoms with Gasteiger partial charge in [-0.15, -0.1) is 0 Å². The summed E-state index contributed by atoms with van der Waals surface area (Å²) in [6.45, 7) is 6.85. The average Bonchev–Trinajstić information content (AvgIpc) is 2.72. The maximum absolute atomic E-state index is 13.1. The van der Waals surface area contributed by atoms with Crippen LogP contribution in [-0.4, -0.2) is 47.1 Å². The van der Waals surface area contributed by atoms with Crippen molar-refractivity contribution in [2.24, 2.45) is 0 Å². The minimum atomic E-state index is -0.953. The first-order valence-electron chi connectivity index (χ1n) is 10.3. The summed E-state index contributed by atoms with van der Waals surface area (Å²) in [4.78, 5) is 39.0. The van der Waals surface area contributed by atoms with Crippen LogP contribution in [0.5, 0.6) is 5.75 Å². The molecule has 32 heavy (non-hydrogen) atoms. The maximum atomic E-state index is 13.1. The van der Waals surface area contributed by atoms with Crippen molar-refractivity contribution in [1.29, 1.82) is 0 Å². The number of rotatable bonds is 7. The zero-order chi connectivity index (χ0) is 23.9. The predicted octanol–water partition coefficient (Wildman–Crippen LogP) is 3.04. The molecule has 0 fully saturated rings. The third kappa shape index (κ3) is 7.30. The van der Waals surface area contributed by atoms with E-state index in [1.807, 2.05) is 30.3 Å². The number of nitrogens with zero attached hydrogens (tertiary/aromatic N) is 1. The highest BCUT2D eigenvalue weighted by atomic mass is 16.6. The molecule has 1 unspecified atom stereocenters. The van der Waals surface area contributed by atoms with Crippen molar-refractivity contribution in [3.05, 3.63) is 65.2 Å². The molecule has 0 saturated heterocycles. The zero-order valence-corrected chi connectivity index (χ0v) is 19.1. The van der Waals surface area contributed by atoms with Crippen molar-refractivity contribution in [1.82, 2.24) is 15.5 Å². The lowest BCUT2D eigenvalue weighted by atomic mass is 10.0. The van der Waals surface area contributed by atoms with E-state index in [0.717, 1.165) is 5.56 Å². The quantitative estimate of drug-likeness (QED) is 0.612. The van der Waals surface area contributed by atoms with Crippen LogP contribution in [0.3, 0.4) is 0 Å². The van der Waals surface area contributed by atoms with E-state index in [1.165, 1.54) is 18.0 Å². The minimum Gasteiger partial charge on any atom is -0.508 e. The standard InChI is InChI=1S/C24H31N3O5/c1-16-13-18(11-12-19(16)28)21(22(30)25-14-17-9-7-6-8-10-17)27(5)20(29)15-26-23(31)32-24(2,3)4/h6-13,21,28H,14-15H2,1-5H3,(H,25,30)(H,26,31). The molecule has 2 aromatic rings. The number of hydrogen-bond donors (Lipinski definition) is 3. The molecule has 0 aromatic heterocycles. The fraction of sp³-hybridized carbons (Fsp3) is 0.375. The molecule has 0 aliphatic heterocycles. The molecule has 0 saturated carbocycles. The summed E-state index contributed by atoms with van der Waals surface area (Å²) in [5.74, 6) is -0.758. The van der Waals surface area contributed by atoms with Crippen LogP contribution < -0.4 is 10.6 Å². The van der Waals surface area contributed by atoms with Gasteiger partial charge in [0.2, 0.25) is 11.8 Å². The van der Waals surface area contributed by atoms with Crippen molar-refractivity contribution in [3.63, 3.8) is 0 Å². The van der Waals surface area contributed by atoms with E-state index in [2.05, 4.69) is 10.6 Å². The van der Waals surface area contributed by atoms with Crippen molar-refractivity contribution in [2.45, 2.75) is 45.9 Å². The Morgan fingerprint density at radius 1 is 1.06 bits per heavy atom. The molecule has 0 heterocycles. The summed E-state index contributed by atoms with van der Waals surface area (Å²) in [7, 11) is 1.49. The fourth-order valence-electron chi connectivity index (χ4n) is 3.01. The normalized spacial score (nSPS) is 11.9. The third-order valence-electron chi connectivity index (χ3n) is 4.66. The van der Waals surface area contributed by atoms with Crippen LogP contribution in [0.4, 0.5) is 4.79 Å². The Bertz CT molecular complexity index is 954. The van der Waals surface area contributed by atoms with Gasteiger partial charge in [-0.2, -0.15) is 0 Å². The SMILES string of the molecule is Cc1cc(C(C(=O)NCc2ccccc2)N(C)C(=O)CNC(=O)OC(C)(C)C)ccc1O. The maximum Gasteiger partial charge on any atom is 0.408 e. The molecule has 8 heteroatoms. The first kappa shape index (κ1) is 24.7. The van der Waals surface area contributed by atoms with Gasteiger partial charge < -0.3 is 25.4 Å². The van der Waals surface area contributed by atoms with Gasteiger partial charge in [-0.25, -0.2) is 4.79 Å². The van der Waals surface area contributed by atoms with Gasteiger partial charge in [0, 0.05) is 13.6 Å². The Kier molecular flexibility index (Phi) is 8.23. The number of nitrogens with one attached hydrogen (secondary N) is 2. The van der Waals surface area contributed by atoms with E-state index >= 15 is 0 Å². The number of alkyl carbamates (subject to hydrolysis) is 1. The summed E-state index contributed by atoms with van der Waals surface area (Å²) < 4.78 is 5.15. The topological polar surface area (TPSA) is 108 Å². The number of carbonyl (C=O) groups excluding carboxylic acids is 3. The minimum absolute atomic E-state index is 0.0952. The number of benzene rings is 2. The Balaban J connectivity index is 2.17. The fourth-order valence-corrected chi connectivity index (χ4v) is 3.01. The van der Waals surface area contributed by atoms with E-state index in [-0.39, 0.29) is 18.2 Å². The number of amides is 3. The lowest BCUT2D eigenvalue weighted by molar-refractivity contribution is -0.138.